The van der Waals surface area contributed by atoms with E-state index in [4.69, 9.17) is 8.83 Å². The van der Waals surface area contributed by atoms with Crippen molar-refractivity contribution in [3.63, 3.8) is 0 Å². The van der Waals surface area contributed by atoms with Crippen LogP contribution in [0.15, 0.2) is 197 Å². The van der Waals surface area contributed by atoms with Gasteiger partial charge in [0.1, 0.15) is 22.3 Å². The Hall–Kier alpha value is -7.10. The average Bonchev–Trinajstić information content (AvgIpc) is 3.80. The first-order chi connectivity index (χ1) is 26.2. The van der Waals surface area contributed by atoms with Gasteiger partial charge in [-0.1, -0.05) is 121 Å². The first-order valence-corrected chi connectivity index (χ1v) is 18.0. The van der Waals surface area contributed by atoms with E-state index in [0.717, 1.165) is 77.5 Å². The molecule has 0 unspecified atom stereocenters. The van der Waals surface area contributed by atoms with Crippen LogP contribution in [0.25, 0.3) is 87.7 Å². The highest BCUT2D eigenvalue weighted by atomic mass is 16.3. The molecule has 3 heteroatoms. The lowest BCUT2D eigenvalue weighted by Crippen LogP contribution is -2.10. The van der Waals surface area contributed by atoms with Crippen molar-refractivity contribution in [2.45, 2.75) is 0 Å². The standard InChI is InChI=1S/C50H31NO2/c1-2-10-36-30-37(17-16-32(36)8-1)33-18-24-39(25-19-33)51(45-13-7-15-48-49(45)43-28-22-35-9-3-4-11-41(35)50(43)53-48)40-26-20-34(21-27-40)38-23-29-47-44(31-38)42-12-5-6-14-46(42)52-47/h1-31H. The largest absolute Gasteiger partial charge is 0.456 e. The second-order valence-electron chi connectivity index (χ2n) is 13.7. The molecule has 11 aromatic rings. The summed E-state index contributed by atoms with van der Waals surface area (Å²) in [5, 5.41) is 9.21. The number of furan rings is 2. The van der Waals surface area contributed by atoms with E-state index < -0.39 is 0 Å². The second-order valence-corrected chi connectivity index (χ2v) is 13.7. The van der Waals surface area contributed by atoms with Crippen LogP contribution >= 0.6 is 0 Å². The number of nitrogens with zero attached hydrogens (tertiary/aromatic N) is 1. The molecule has 0 bridgehead atoms. The van der Waals surface area contributed by atoms with Gasteiger partial charge in [0.2, 0.25) is 0 Å². The van der Waals surface area contributed by atoms with E-state index in [1.165, 1.54) is 27.3 Å². The van der Waals surface area contributed by atoms with Crippen LogP contribution in [-0.2, 0) is 0 Å². The fraction of sp³-hybridized carbons (Fsp3) is 0. The van der Waals surface area contributed by atoms with Gasteiger partial charge in [0.25, 0.3) is 0 Å². The Kier molecular flexibility index (Phi) is 6.55. The van der Waals surface area contributed by atoms with Crippen molar-refractivity contribution in [1.29, 1.82) is 0 Å². The van der Waals surface area contributed by atoms with Gasteiger partial charge >= 0.3 is 0 Å². The summed E-state index contributed by atoms with van der Waals surface area (Å²) in [5.74, 6) is 0. The molecule has 0 saturated carbocycles. The van der Waals surface area contributed by atoms with Crippen LogP contribution in [-0.4, -0.2) is 0 Å². The van der Waals surface area contributed by atoms with E-state index in [-0.39, 0.29) is 0 Å². The van der Waals surface area contributed by atoms with Crippen molar-refractivity contribution >= 4 is 82.5 Å². The van der Waals surface area contributed by atoms with E-state index in [1.807, 2.05) is 12.1 Å². The smallest absolute Gasteiger partial charge is 0.143 e. The summed E-state index contributed by atoms with van der Waals surface area (Å²) in [5.41, 5.74) is 11.4. The molecular weight excluding hydrogens is 647 g/mol. The molecular formula is C50H31NO2. The number of anilines is 3. The van der Waals surface area contributed by atoms with E-state index in [9.17, 15) is 0 Å². The normalized spacial score (nSPS) is 11.8. The van der Waals surface area contributed by atoms with Crippen LogP contribution in [0.3, 0.4) is 0 Å². The van der Waals surface area contributed by atoms with Crippen molar-refractivity contribution in [2.24, 2.45) is 0 Å². The summed E-state index contributed by atoms with van der Waals surface area (Å²) >= 11 is 0. The third-order valence-corrected chi connectivity index (χ3v) is 10.6. The molecule has 248 valence electrons. The van der Waals surface area contributed by atoms with Gasteiger partial charge in [-0.25, -0.2) is 0 Å². The monoisotopic (exact) mass is 677 g/mol. The molecule has 2 heterocycles. The molecule has 0 aliphatic carbocycles. The summed E-state index contributed by atoms with van der Waals surface area (Å²) < 4.78 is 12.8. The minimum absolute atomic E-state index is 0.865. The van der Waals surface area contributed by atoms with E-state index in [2.05, 4.69) is 181 Å². The van der Waals surface area contributed by atoms with Gasteiger partial charge in [0.15, 0.2) is 0 Å². The van der Waals surface area contributed by atoms with E-state index in [0.29, 0.717) is 0 Å². The Bertz CT molecular complexity index is 3170. The fourth-order valence-electron chi connectivity index (χ4n) is 8.03. The zero-order chi connectivity index (χ0) is 34.9. The van der Waals surface area contributed by atoms with Crippen LogP contribution in [0, 0.1) is 0 Å². The molecule has 0 aliphatic heterocycles. The molecule has 53 heavy (non-hydrogen) atoms. The number of fused-ring (bicyclic) bond motifs is 9. The highest BCUT2D eigenvalue weighted by Crippen LogP contribution is 2.45. The van der Waals surface area contributed by atoms with Crippen LogP contribution in [0.4, 0.5) is 17.1 Å². The molecule has 0 fully saturated rings. The fourth-order valence-corrected chi connectivity index (χ4v) is 8.03. The maximum absolute atomic E-state index is 6.64. The van der Waals surface area contributed by atoms with Crippen molar-refractivity contribution < 1.29 is 8.83 Å². The molecule has 2 aromatic heterocycles. The average molecular weight is 678 g/mol. The van der Waals surface area contributed by atoms with Gasteiger partial charge in [-0.2, -0.15) is 0 Å². The number of hydrogen-bond acceptors (Lipinski definition) is 3. The molecule has 0 radical (unpaired) electrons. The SMILES string of the molecule is c1ccc2cc(-c3ccc(N(c4ccc(-c5ccc6oc7ccccc7c6c5)cc4)c4cccc5oc6c7ccccc7ccc6c45)cc3)ccc2c1. The molecule has 3 nitrogen and oxygen atoms in total. The Morgan fingerprint density at radius 2 is 0.906 bits per heavy atom. The van der Waals surface area contributed by atoms with Crippen LogP contribution in [0.2, 0.25) is 0 Å². The van der Waals surface area contributed by atoms with Crippen molar-refractivity contribution in [2.75, 3.05) is 4.90 Å². The zero-order valence-corrected chi connectivity index (χ0v) is 28.7. The topological polar surface area (TPSA) is 29.5 Å². The number of hydrogen-bond donors (Lipinski definition) is 0. The third kappa shape index (κ3) is 4.82. The maximum atomic E-state index is 6.64. The van der Waals surface area contributed by atoms with Gasteiger partial charge in [-0.3, -0.25) is 0 Å². The number of benzene rings is 9. The van der Waals surface area contributed by atoms with Crippen molar-refractivity contribution in [1.82, 2.24) is 0 Å². The molecule has 9 aromatic carbocycles. The quantitative estimate of drug-likeness (QED) is 0.182. The van der Waals surface area contributed by atoms with Gasteiger partial charge in [-0.05, 0) is 105 Å². The molecule has 0 spiro atoms. The van der Waals surface area contributed by atoms with Gasteiger partial charge in [-0.15, -0.1) is 0 Å². The summed E-state index contributed by atoms with van der Waals surface area (Å²) in [6.07, 6.45) is 0. The second kappa shape index (κ2) is 11.7. The lowest BCUT2D eigenvalue weighted by Gasteiger charge is -2.26. The molecule has 11 rings (SSSR count). The Morgan fingerprint density at radius 1 is 0.321 bits per heavy atom. The van der Waals surface area contributed by atoms with Gasteiger partial charge in [0.05, 0.1) is 11.1 Å². The van der Waals surface area contributed by atoms with E-state index in [1.54, 1.807) is 0 Å². The third-order valence-electron chi connectivity index (χ3n) is 10.6. The first-order valence-electron chi connectivity index (χ1n) is 18.0. The lowest BCUT2D eigenvalue weighted by atomic mass is 10.00. The molecule has 0 N–H and O–H groups in total. The predicted molar refractivity (Wildman–Crippen MR) is 222 cm³/mol. The molecule has 0 aliphatic rings. The molecule has 0 atom stereocenters. The lowest BCUT2D eigenvalue weighted by molar-refractivity contribution is 0.669. The predicted octanol–water partition coefficient (Wildman–Crippen LogP) is 14.6. The Labute approximate surface area is 305 Å². The highest BCUT2D eigenvalue weighted by molar-refractivity contribution is 6.19. The van der Waals surface area contributed by atoms with Crippen LogP contribution < -0.4 is 4.90 Å². The summed E-state index contributed by atoms with van der Waals surface area (Å²) in [4.78, 5) is 2.35. The molecule has 0 saturated heterocycles. The van der Waals surface area contributed by atoms with E-state index >= 15 is 0 Å². The summed E-state index contributed by atoms with van der Waals surface area (Å²) in [6, 6.07) is 66.9. The first kappa shape index (κ1) is 29.6. The van der Waals surface area contributed by atoms with Gasteiger partial charge < -0.3 is 13.7 Å². The highest BCUT2D eigenvalue weighted by Gasteiger charge is 2.21. The maximum Gasteiger partial charge on any atom is 0.143 e. The van der Waals surface area contributed by atoms with Gasteiger partial charge in [0, 0.05) is 32.9 Å². The minimum Gasteiger partial charge on any atom is -0.456 e. The summed E-state index contributed by atoms with van der Waals surface area (Å²) in [6.45, 7) is 0. The Balaban J connectivity index is 1.06. The number of para-hydroxylation sites is 1. The summed E-state index contributed by atoms with van der Waals surface area (Å²) in [7, 11) is 0. The van der Waals surface area contributed by atoms with Crippen molar-refractivity contribution in [3.8, 4) is 22.3 Å². The van der Waals surface area contributed by atoms with Crippen LogP contribution in [0.1, 0.15) is 0 Å². The minimum atomic E-state index is 0.865. The Morgan fingerprint density at radius 3 is 1.70 bits per heavy atom. The van der Waals surface area contributed by atoms with Crippen LogP contribution in [0.5, 0.6) is 0 Å². The molecule has 0 amide bonds. The van der Waals surface area contributed by atoms with Crippen molar-refractivity contribution in [3.05, 3.63) is 188 Å². The number of rotatable bonds is 5. The zero-order valence-electron chi connectivity index (χ0n) is 28.7.